The Morgan fingerprint density at radius 2 is 1.37 bits per heavy atom. The number of esters is 1. The summed E-state index contributed by atoms with van der Waals surface area (Å²) < 4.78 is 10.2. The molecule has 4 atom stereocenters. The number of pyridine rings is 1. The Balaban J connectivity index is 0.00000127. The molecule has 2 heterocycles. The molecule has 12 heteroatoms. The molecule has 1 aromatic rings. The van der Waals surface area contributed by atoms with E-state index in [1.807, 2.05) is 0 Å². The number of hydrogen-bond acceptors (Lipinski definition) is 9. The van der Waals surface area contributed by atoms with Crippen molar-refractivity contribution in [3.63, 3.8) is 0 Å². The Labute approximate surface area is 246 Å². The zero-order chi connectivity index (χ0) is 27.0. The van der Waals surface area contributed by atoms with Gasteiger partial charge in [-0.2, -0.15) is 0 Å². The van der Waals surface area contributed by atoms with Crippen molar-refractivity contribution in [2.24, 2.45) is 0 Å². The molecular formula is C26H43Cl2MnN5O3S. The third-order valence-electron chi connectivity index (χ3n) is 7.37. The first-order valence-electron chi connectivity index (χ1n) is 13.7. The standard InChI is InChI=1S/C26H43N5O3S.2ClH.Mn/c1-33-12-13-34-26(32)18-35-21-14-19-16-29-24-8-4-2-6-22(24)27-10-11-28-23-7-3-5-9-25(23)30-17-20(15-21)31-19;;;/h14-15,22-25,27-30H,2-13,16-18H2,1H3;2*1H;/q;;;+2/p-2/t22-,23-,24-,25-;;;/m1.../s1. The number of hydrogen-bond donors (Lipinski definition) is 4. The van der Waals surface area contributed by atoms with Crippen molar-refractivity contribution in [1.82, 2.24) is 26.3 Å². The summed E-state index contributed by atoms with van der Waals surface area (Å²) in [4.78, 5) is 18.2. The average Bonchev–Trinajstić information content (AvgIpc) is 2.93. The third-order valence-corrected chi connectivity index (χ3v) is 8.32. The molecule has 4 rings (SSSR count). The monoisotopic (exact) mass is 630 g/mol. The molecule has 0 saturated heterocycles. The number of nitrogens with zero attached hydrogens (tertiary/aromatic N) is 1. The molecule has 4 N–H and O–H groups in total. The number of methoxy groups -OCH3 is 1. The molecule has 2 aliphatic carbocycles. The van der Waals surface area contributed by atoms with Crippen molar-refractivity contribution in [3.05, 3.63) is 23.5 Å². The summed E-state index contributed by atoms with van der Waals surface area (Å²) in [6.45, 7) is 4.23. The van der Waals surface area contributed by atoms with Crippen LogP contribution in [0.2, 0.25) is 0 Å². The Morgan fingerprint density at radius 1 is 0.895 bits per heavy atom. The van der Waals surface area contributed by atoms with Gasteiger partial charge in [-0.15, -0.1) is 11.8 Å². The van der Waals surface area contributed by atoms with Gasteiger partial charge < -0.3 is 30.7 Å². The summed E-state index contributed by atoms with van der Waals surface area (Å²) in [7, 11) is 11.2. The molecule has 1 aliphatic heterocycles. The minimum absolute atomic E-state index is 0.00694. The molecule has 2 bridgehead atoms. The number of rotatable bonds is 6. The predicted molar refractivity (Wildman–Crippen MR) is 151 cm³/mol. The number of halogens is 2. The average molecular weight is 632 g/mol. The second-order valence-corrected chi connectivity index (χ2v) is 13.0. The molecule has 8 nitrogen and oxygen atoms in total. The van der Waals surface area contributed by atoms with Gasteiger partial charge in [0.25, 0.3) is 0 Å². The van der Waals surface area contributed by atoms with Crippen molar-refractivity contribution < 1.29 is 27.4 Å². The number of aromatic nitrogens is 1. The number of carbonyl (C=O) groups excluding carboxylic acids is 1. The number of carbonyl (C=O) groups is 1. The van der Waals surface area contributed by atoms with Crippen LogP contribution in [-0.4, -0.2) is 74.3 Å². The topological polar surface area (TPSA) is 96.5 Å². The van der Waals surface area contributed by atoms with Crippen LogP contribution in [0.25, 0.3) is 0 Å². The van der Waals surface area contributed by atoms with Gasteiger partial charge in [-0.1, -0.05) is 25.7 Å². The van der Waals surface area contributed by atoms with Gasteiger partial charge >= 0.3 is 39.3 Å². The Kier molecular flexibility index (Phi) is 16.3. The molecular weight excluding hydrogens is 588 g/mol. The van der Waals surface area contributed by atoms with Crippen LogP contribution in [0, 0.1) is 0 Å². The summed E-state index contributed by atoms with van der Waals surface area (Å²) in [5.41, 5.74) is 2.08. The van der Waals surface area contributed by atoms with Crippen molar-refractivity contribution in [2.45, 2.75) is 93.5 Å². The van der Waals surface area contributed by atoms with Gasteiger partial charge in [0.15, 0.2) is 0 Å². The normalized spacial score (nSPS) is 26.4. The molecule has 0 radical (unpaired) electrons. The molecule has 0 amide bonds. The van der Waals surface area contributed by atoms with Crippen LogP contribution in [0.3, 0.4) is 0 Å². The van der Waals surface area contributed by atoms with Gasteiger partial charge in [0.05, 0.1) is 23.7 Å². The molecule has 3 aliphatic rings. The molecule has 2 saturated carbocycles. The fourth-order valence-corrected chi connectivity index (χ4v) is 6.34. The van der Waals surface area contributed by atoms with Gasteiger partial charge in [-0.3, -0.25) is 9.78 Å². The van der Waals surface area contributed by atoms with Gasteiger partial charge in [0.2, 0.25) is 0 Å². The van der Waals surface area contributed by atoms with Gasteiger partial charge in [0, 0.05) is 62.4 Å². The second-order valence-electron chi connectivity index (χ2n) is 10.0. The summed E-state index contributed by atoms with van der Waals surface area (Å²) in [6.07, 6.45) is 10.0. The molecule has 0 spiro atoms. The summed E-state index contributed by atoms with van der Waals surface area (Å²) >= 11 is 1.53. The Bertz CT molecular complexity index is 783. The van der Waals surface area contributed by atoms with E-state index < -0.39 is 0 Å². The van der Waals surface area contributed by atoms with Crippen LogP contribution in [0.15, 0.2) is 17.0 Å². The number of fused-ring (bicyclic) bond motifs is 4. The van der Waals surface area contributed by atoms with E-state index in [2.05, 4.69) is 33.4 Å². The zero-order valence-corrected chi connectivity index (χ0v) is 25.8. The van der Waals surface area contributed by atoms with Gasteiger partial charge in [-0.05, 0) is 37.8 Å². The first kappa shape index (κ1) is 32.4. The quantitative estimate of drug-likeness (QED) is 0.162. The van der Waals surface area contributed by atoms with Crippen LogP contribution in [0.1, 0.15) is 62.8 Å². The van der Waals surface area contributed by atoms with E-state index in [4.69, 9.17) is 34.7 Å². The maximum atomic E-state index is 12.1. The van der Waals surface area contributed by atoms with Gasteiger partial charge in [-0.25, -0.2) is 0 Å². The van der Waals surface area contributed by atoms with Crippen LogP contribution < -0.4 is 21.3 Å². The van der Waals surface area contributed by atoms with E-state index >= 15 is 0 Å². The number of nitrogens with one attached hydrogen (secondary N) is 4. The molecule has 217 valence electrons. The predicted octanol–water partition coefficient (Wildman–Crippen LogP) is 3.73. The van der Waals surface area contributed by atoms with E-state index in [0.29, 0.717) is 37.4 Å². The van der Waals surface area contributed by atoms with E-state index in [0.717, 1.165) is 42.5 Å². The molecule has 2 fully saturated rings. The summed E-state index contributed by atoms with van der Waals surface area (Å²) in [6, 6.07) is 6.19. The fourth-order valence-electron chi connectivity index (χ4n) is 5.53. The third kappa shape index (κ3) is 11.8. The van der Waals surface area contributed by atoms with E-state index in [-0.39, 0.29) is 24.9 Å². The minimum atomic E-state index is -0.214. The fraction of sp³-hybridized carbons (Fsp3) is 0.769. The molecule has 0 unspecified atom stereocenters. The zero-order valence-electron chi connectivity index (χ0n) is 22.3. The van der Waals surface area contributed by atoms with E-state index in [9.17, 15) is 4.79 Å². The second kappa shape index (κ2) is 19.1. The first-order valence-corrected chi connectivity index (χ1v) is 17.9. The van der Waals surface area contributed by atoms with Crippen LogP contribution >= 0.6 is 32.0 Å². The van der Waals surface area contributed by atoms with E-state index in [1.54, 1.807) is 7.11 Å². The summed E-state index contributed by atoms with van der Waals surface area (Å²) in [5.74, 6) is 0.0744. The van der Waals surface area contributed by atoms with E-state index in [1.165, 1.54) is 63.1 Å². The van der Waals surface area contributed by atoms with Crippen LogP contribution in [0.4, 0.5) is 0 Å². The molecule has 0 aromatic carbocycles. The number of thioether (sulfide) groups is 1. The summed E-state index contributed by atoms with van der Waals surface area (Å²) in [5, 5.41) is 15.2. The molecule has 1 aromatic heterocycles. The molecule has 38 heavy (non-hydrogen) atoms. The van der Waals surface area contributed by atoms with Crippen LogP contribution in [0.5, 0.6) is 0 Å². The Morgan fingerprint density at radius 3 is 1.84 bits per heavy atom. The van der Waals surface area contributed by atoms with Crippen LogP contribution in [-0.2, 0) is 40.5 Å². The first-order chi connectivity index (χ1) is 18.6. The van der Waals surface area contributed by atoms with Crippen molar-refractivity contribution in [1.29, 1.82) is 0 Å². The number of ether oxygens (including phenoxy) is 2. The van der Waals surface area contributed by atoms with Crippen molar-refractivity contribution >= 4 is 37.9 Å². The SMILES string of the molecule is COCCOC(=O)CSc1cc2nc(c1)CN[C@@H]1CCCC[C@H]1NCCN[C@@H]1CCCC[C@H]1NC2.[Cl][Mn][Cl]. The van der Waals surface area contributed by atoms with Crippen molar-refractivity contribution in [3.8, 4) is 0 Å². The Hall–Kier alpha value is -0.131. The maximum absolute atomic E-state index is 12.1. The van der Waals surface area contributed by atoms with Gasteiger partial charge in [0.1, 0.15) is 6.61 Å². The van der Waals surface area contributed by atoms with Crippen molar-refractivity contribution in [2.75, 3.05) is 39.2 Å².